The molecule has 0 bridgehead atoms. The van der Waals surface area contributed by atoms with Gasteiger partial charge in [-0.25, -0.2) is 0 Å². The summed E-state index contributed by atoms with van der Waals surface area (Å²) < 4.78 is 34.6. The Labute approximate surface area is 129 Å². The Bertz CT molecular complexity index is 711. The fourth-order valence-corrected chi connectivity index (χ4v) is 3.01. The van der Waals surface area contributed by atoms with Crippen molar-refractivity contribution in [2.75, 3.05) is 0 Å². The summed E-state index contributed by atoms with van der Waals surface area (Å²) in [6.07, 6.45) is 0.0564. The zero-order valence-electron chi connectivity index (χ0n) is 12.0. The summed E-state index contributed by atoms with van der Waals surface area (Å²) in [5.41, 5.74) is 0. The van der Waals surface area contributed by atoms with Gasteiger partial charge in [0.05, 0.1) is 0 Å². The number of carbonyl (C=O) groups excluding carboxylic acids is 1. The van der Waals surface area contributed by atoms with Gasteiger partial charge in [-0.3, -0.25) is 4.79 Å². The molecular weight excluding hydrogens is 304 g/mol. The van der Waals surface area contributed by atoms with Crippen LogP contribution in [-0.2, 0) is 14.9 Å². The van der Waals surface area contributed by atoms with Crippen LogP contribution >= 0.6 is 0 Å². The molecule has 0 unspecified atom stereocenters. The Morgan fingerprint density at radius 3 is 1.95 bits per heavy atom. The van der Waals surface area contributed by atoms with E-state index < -0.39 is 21.3 Å². The summed E-state index contributed by atoms with van der Waals surface area (Å²) in [7, 11) is -4.12. The van der Waals surface area contributed by atoms with Crippen LogP contribution in [0.1, 0.15) is 13.3 Å². The second kappa shape index (κ2) is 7.09. The summed E-state index contributed by atoms with van der Waals surface area (Å²) in [5.74, 6) is -0.404. The molecule has 0 spiro atoms. The molecule has 0 N–H and O–H groups in total. The molecule has 0 amide bonds. The lowest BCUT2D eigenvalue weighted by molar-refractivity contribution is -0.134. The highest BCUT2D eigenvalue weighted by atomic mass is 32.2. The molecule has 0 saturated carbocycles. The van der Waals surface area contributed by atoms with E-state index in [1.54, 1.807) is 55.5 Å². The number of rotatable bonds is 6. The molecule has 116 valence electrons. The largest absolute Gasteiger partial charge is 0.425 e. The monoisotopic (exact) mass is 320 g/mol. The molecule has 0 aliphatic carbocycles. The average molecular weight is 320 g/mol. The highest BCUT2D eigenvalue weighted by Gasteiger charge is 2.35. The summed E-state index contributed by atoms with van der Waals surface area (Å²) in [6.45, 7) is 1.59. The van der Waals surface area contributed by atoms with Crippen molar-refractivity contribution in [2.24, 2.45) is 0 Å². The van der Waals surface area contributed by atoms with Crippen LogP contribution in [0.5, 0.6) is 11.5 Å². The number of carbonyl (C=O) groups is 1. The normalized spacial score (nSPS) is 12.4. The maximum Gasteiger partial charge on any atom is 0.333 e. The van der Waals surface area contributed by atoms with Gasteiger partial charge in [-0.15, -0.1) is 0 Å². The number of ether oxygens (including phenoxy) is 1. The van der Waals surface area contributed by atoms with Gasteiger partial charge in [0, 0.05) is 0 Å². The molecule has 5 nitrogen and oxygen atoms in total. The van der Waals surface area contributed by atoms with E-state index in [0.717, 1.165) is 0 Å². The molecule has 2 aromatic rings. The average Bonchev–Trinajstić information content (AvgIpc) is 2.49. The number of esters is 1. The fraction of sp³-hybridized carbons (Fsp3) is 0.188. The van der Waals surface area contributed by atoms with Crippen LogP contribution in [0.3, 0.4) is 0 Å². The van der Waals surface area contributed by atoms with Gasteiger partial charge in [-0.1, -0.05) is 43.3 Å². The lowest BCUT2D eigenvalue weighted by Crippen LogP contribution is -2.36. The van der Waals surface area contributed by atoms with Crippen LogP contribution in [0.4, 0.5) is 0 Å². The van der Waals surface area contributed by atoms with E-state index in [1.807, 2.05) is 0 Å². The molecule has 0 radical (unpaired) electrons. The van der Waals surface area contributed by atoms with E-state index >= 15 is 0 Å². The van der Waals surface area contributed by atoms with Gasteiger partial charge >= 0.3 is 16.1 Å². The maximum atomic E-state index is 12.2. The predicted octanol–water partition coefficient (Wildman–Crippen LogP) is 2.78. The fourth-order valence-electron chi connectivity index (χ4n) is 1.83. The summed E-state index contributed by atoms with van der Waals surface area (Å²) >= 11 is 0. The van der Waals surface area contributed by atoms with E-state index in [4.69, 9.17) is 8.92 Å². The second-order valence-corrected chi connectivity index (χ2v) is 6.24. The van der Waals surface area contributed by atoms with Crippen LogP contribution < -0.4 is 8.92 Å². The van der Waals surface area contributed by atoms with Crippen molar-refractivity contribution < 1.29 is 22.1 Å². The maximum absolute atomic E-state index is 12.2. The Morgan fingerprint density at radius 1 is 0.955 bits per heavy atom. The molecular formula is C16H16O5S. The lowest BCUT2D eigenvalue weighted by atomic mass is 10.3. The first-order valence-corrected chi connectivity index (χ1v) is 8.25. The van der Waals surface area contributed by atoms with E-state index in [2.05, 4.69) is 0 Å². The molecule has 0 aliphatic heterocycles. The van der Waals surface area contributed by atoms with Crippen molar-refractivity contribution in [1.82, 2.24) is 0 Å². The highest BCUT2D eigenvalue weighted by Crippen LogP contribution is 2.18. The van der Waals surface area contributed by atoms with E-state index in [0.29, 0.717) is 5.75 Å². The molecule has 0 heterocycles. The molecule has 22 heavy (non-hydrogen) atoms. The second-order valence-electron chi connectivity index (χ2n) is 4.52. The van der Waals surface area contributed by atoms with Crippen LogP contribution in [0.2, 0.25) is 0 Å². The standard InChI is InChI=1S/C16H16O5S/c1-2-15(16(17)20-13-9-5-3-6-10-13)22(18,19)21-14-11-7-4-8-12-14/h3-12,15H,2H2,1H3/t15-/m1/s1. The van der Waals surface area contributed by atoms with Crippen LogP contribution in [0.25, 0.3) is 0 Å². The van der Waals surface area contributed by atoms with Crippen molar-refractivity contribution in [3.63, 3.8) is 0 Å². The number of para-hydroxylation sites is 2. The molecule has 0 aliphatic rings. The Balaban J connectivity index is 2.14. The third-order valence-electron chi connectivity index (χ3n) is 2.90. The number of hydrogen-bond acceptors (Lipinski definition) is 5. The molecule has 0 fully saturated rings. The Kier molecular flexibility index (Phi) is 5.16. The van der Waals surface area contributed by atoms with Crippen LogP contribution in [0.15, 0.2) is 60.7 Å². The third kappa shape index (κ3) is 4.08. The van der Waals surface area contributed by atoms with E-state index in [1.165, 1.54) is 12.1 Å². The zero-order valence-corrected chi connectivity index (χ0v) is 12.8. The van der Waals surface area contributed by atoms with Crippen molar-refractivity contribution in [3.05, 3.63) is 60.7 Å². The van der Waals surface area contributed by atoms with Crippen molar-refractivity contribution in [1.29, 1.82) is 0 Å². The summed E-state index contributed by atoms with van der Waals surface area (Å²) in [4.78, 5) is 12.1. The van der Waals surface area contributed by atoms with Crippen LogP contribution in [0, 0.1) is 0 Å². The van der Waals surface area contributed by atoms with Gasteiger partial charge in [0.15, 0.2) is 5.25 Å². The first-order chi connectivity index (χ1) is 10.5. The van der Waals surface area contributed by atoms with Gasteiger partial charge in [0.2, 0.25) is 0 Å². The summed E-state index contributed by atoms with van der Waals surface area (Å²) in [6, 6.07) is 16.4. The number of benzene rings is 2. The first kappa shape index (κ1) is 16.0. The number of hydrogen-bond donors (Lipinski definition) is 0. The zero-order chi connectivity index (χ0) is 16.0. The molecule has 6 heteroatoms. The smallest absolute Gasteiger partial charge is 0.333 e. The minimum Gasteiger partial charge on any atom is -0.425 e. The predicted molar refractivity (Wildman–Crippen MR) is 82.1 cm³/mol. The Morgan fingerprint density at radius 2 is 1.45 bits per heavy atom. The van der Waals surface area contributed by atoms with Gasteiger partial charge in [-0.2, -0.15) is 8.42 Å². The van der Waals surface area contributed by atoms with Crippen molar-refractivity contribution in [3.8, 4) is 11.5 Å². The SMILES string of the molecule is CC[C@H](C(=O)Oc1ccccc1)S(=O)(=O)Oc1ccccc1. The molecule has 2 rings (SSSR count). The quantitative estimate of drug-likeness (QED) is 0.465. The van der Waals surface area contributed by atoms with Crippen molar-refractivity contribution >= 4 is 16.1 Å². The Hall–Kier alpha value is -2.34. The minimum atomic E-state index is -4.12. The van der Waals surface area contributed by atoms with Gasteiger partial charge in [0.25, 0.3) is 0 Å². The van der Waals surface area contributed by atoms with Gasteiger partial charge < -0.3 is 8.92 Å². The van der Waals surface area contributed by atoms with Crippen molar-refractivity contribution in [2.45, 2.75) is 18.6 Å². The third-order valence-corrected chi connectivity index (χ3v) is 4.55. The summed E-state index contributed by atoms with van der Waals surface area (Å²) in [5, 5.41) is -1.38. The van der Waals surface area contributed by atoms with E-state index in [9.17, 15) is 13.2 Å². The highest BCUT2D eigenvalue weighted by molar-refractivity contribution is 7.88. The molecule has 0 saturated heterocycles. The lowest BCUT2D eigenvalue weighted by Gasteiger charge is -2.15. The molecule has 1 atom stereocenters. The first-order valence-electron chi connectivity index (χ1n) is 6.78. The molecule has 0 aromatic heterocycles. The van der Waals surface area contributed by atoms with Crippen LogP contribution in [-0.4, -0.2) is 19.6 Å². The van der Waals surface area contributed by atoms with Gasteiger partial charge in [0.1, 0.15) is 11.5 Å². The van der Waals surface area contributed by atoms with Gasteiger partial charge in [-0.05, 0) is 30.7 Å². The molecule has 2 aromatic carbocycles. The topological polar surface area (TPSA) is 69.7 Å². The minimum absolute atomic E-state index is 0.0564. The van der Waals surface area contributed by atoms with E-state index in [-0.39, 0.29) is 12.2 Å².